The average Bonchev–Trinajstić information content (AvgIpc) is 2.25. The predicted molar refractivity (Wildman–Crippen MR) is 59.8 cm³/mol. The van der Waals surface area contributed by atoms with Gasteiger partial charge >= 0.3 is 0 Å². The van der Waals surface area contributed by atoms with E-state index in [1.165, 1.54) is 0 Å². The van der Waals surface area contributed by atoms with Crippen molar-refractivity contribution in [2.75, 3.05) is 13.0 Å². The lowest BCUT2D eigenvalue weighted by molar-refractivity contribution is 0.414. The molecular formula is C12H13ClO. The Morgan fingerprint density at radius 3 is 3.00 bits per heavy atom. The SMILES string of the molecule is COc1cccc(C#CCCCCl)c1. The van der Waals surface area contributed by atoms with Gasteiger partial charge in [-0.05, 0) is 24.6 Å². The van der Waals surface area contributed by atoms with Crippen LogP contribution in [0.4, 0.5) is 0 Å². The van der Waals surface area contributed by atoms with Crippen LogP contribution in [0.3, 0.4) is 0 Å². The highest BCUT2D eigenvalue weighted by Gasteiger charge is 1.90. The smallest absolute Gasteiger partial charge is 0.120 e. The molecule has 0 saturated heterocycles. The highest BCUT2D eigenvalue weighted by Crippen LogP contribution is 2.11. The van der Waals surface area contributed by atoms with Crippen molar-refractivity contribution in [3.8, 4) is 17.6 Å². The monoisotopic (exact) mass is 208 g/mol. The van der Waals surface area contributed by atoms with E-state index < -0.39 is 0 Å². The van der Waals surface area contributed by atoms with Crippen LogP contribution < -0.4 is 4.74 Å². The van der Waals surface area contributed by atoms with Crippen molar-refractivity contribution in [1.82, 2.24) is 0 Å². The van der Waals surface area contributed by atoms with Gasteiger partial charge in [-0.15, -0.1) is 11.6 Å². The molecule has 2 heteroatoms. The Morgan fingerprint density at radius 1 is 1.43 bits per heavy atom. The van der Waals surface area contributed by atoms with Crippen LogP contribution in [0.5, 0.6) is 5.75 Å². The number of halogens is 1. The average molecular weight is 209 g/mol. The number of hydrogen-bond donors (Lipinski definition) is 0. The predicted octanol–water partition coefficient (Wildman–Crippen LogP) is 3.07. The van der Waals surface area contributed by atoms with E-state index in [-0.39, 0.29) is 0 Å². The van der Waals surface area contributed by atoms with E-state index in [2.05, 4.69) is 11.8 Å². The van der Waals surface area contributed by atoms with Crippen molar-refractivity contribution in [2.24, 2.45) is 0 Å². The van der Waals surface area contributed by atoms with Gasteiger partial charge in [0.1, 0.15) is 5.75 Å². The number of hydrogen-bond acceptors (Lipinski definition) is 1. The molecule has 1 nitrogen and oxygen atoms in total. The van der Waals surface area contributed by atoms with E-state index in [9.17, 15) is 0 Å². The molecule has 0 radical (unpaired) electrons. The summed E-state index contributed by atoms with van der Waals surface area (Å²) in [6.07, 6.45) is 1.79. The van der Waals surface area contributed by atoms with E-state index in [4.69, 9.17) is 16.3 Å². The molecule has 0 N–H and O–H groups in total. The lowest BCUT2D eigenvalue weighted by Crippen LogP contribution is -1.82. The fourth-order valence-electron chi connectivity index (χ4n) is 1.02. The van der Waals surface area contributed by atoms with Crippen LogP contribution in [-0.2, 0) is 0 Å². The quantitative estimate of drug-likeness (QED) is 0.422. The van der Waals surface area contributed by atoms with Crippen LogP contribution in [0, 0.1) is 11.8 Å². The standard InChI is InChI=1S/C12H13ClO/c1-14-12-8-5-7-11(10-12)6-3-2-4-9-13/h5,7-8,10H,2,4,9H2,1H3. The molecule has 1 aromatic carbocycles. The van der Waals surface area contributed by atoms with Gasteiger partial charge in [0.15, 0.2) is 0 Å². The topological polar surface area (TPSA) is 9.23 Å². The molecule has 0 spiro atoms. The van der Waals surface area contributed by atoms with Gasteiger partial charge in [0, 0.05) is 17.9 Å². The first kappa shape index (κ1) is 10.9. The van der Waals surface area contributed by atoms with Crippen LogP contribution in [0.25, 0.3) is 0 Å². The molecule has 0 bridgehead atoms. The Bertz CT molecular complexity index is 336. The highest BCUT2D eigenvalue weighted by atomic mass is 35.5. The first-order chi connectivity index (χ1) is 6.86. The third-order valence-corrected chi connectivity index (χ3v) is 2.01. The van der Waals surface area contributed by atoms with E-state index in [0.29, 0.717) is 5.88 Å². The Hall–Kier alpha value is -1.13. The molecular weight excluding hydrogens is 196 g/mol. The number of rotatable bonds is 3. The molecule has 0 aliphatic heterocycles. The molecule has 1 aromatic rings. The summed E-state index contributed by atoms with van der Waals surface area (Å²) in [4.78, 5) is 0. The van der Waals surface area contributed by atoms with Gasteiger partial charge in [0.25, 0.3) is 0 Å². The molecule has 0 aromatic heterocycles. The molecule has 0 fully saturated rings. The third-order valence-electron chi connectivity index (χ3n) is 1.74. The Balaban J connectivity index is 2.60. The Labute approximate surface area is 90.0 Å². The summed E-state index contributed by atoms with van der Waals surface area (Å²) >= 11 is 5.54. The Morgan fingerprint density at radius 2 is 2.29 bits per heavy atom. The highest BCUT2D eigenvalue weighted by molar-refractivity contribution is 6.17. The molecule has 0 heterocycles. The number of methoxy groups -OCH3 is 1. The number of unbranched alkanes of at least 4 members (excludes halogenated alkanes) is 1. The molecule has 0 aliphatic rings. The zero-order valence-electron chi connectivity index (χ0n) is 8.22. The second-order valence-corrected chi connectivity index (χ2v) is 3.20. The summed E-state index contributed by atoms with van der Waals surface area (Å²) in [7, 11) is 1.65. The van der Waals surface area contributed by atoms with E-state index in [1.807, 2.05) is 24.3 Å². The summed E-state index contributed by atoms with van der Waals surface area (Å²) < 4.78 is 5.09. The second-order valence-electron chi connectivity index (χ2n) is 2.83. The third kappa shape index (κ3) is 3.72. The fourth-order valence-corrected chi connectivity index (χ4v) is 1.15. The van der Waals surface area contributed by atoms with Crippen molar-refractivity contribution in [2.45, 2.75) is 12.8 Å². The van der Waals surface area contributed by atoms with Crippen molar-refractivity contribution in [1.29, 1.82) is 0 Å². The lowest BCUT2D eigenvalue weighted by Gasteiger charge is -1.98. The molecule has 0 unspecified atom stereocenters. The maximum Gasteiger partial charge on any atom is 0.120 e. The van der Waals surface area contributed by atoms with E-state index >= 15 is 0 Å². The molecule has 0 amide bonds. The van der Waals surface area contributed by atoms with Crippen LogP contribution >= 0.6 is 11.6 Å². The van der Waals surface area contributed by atoms with Crippen molar-refractivity contribution in [3.63, 3.8) is 0 Å². The minimum atomic E-state index is 0.673. The molecule has 0 atom stereocenters. The number of alkyl halides is 1. The summed E-state index contributed by atoms with van der Waals surface area (Å²) in [5, 5.41) is 0. The van der Waals surface area contributed by atoms with Crippen LogP contribution in [0.15, 0.2) is 24.3 Å². The van der Waals surface area contributed by atoms with Gasteiger partial charge in [-0.1, -0.05) is 17.9 Å². The molecule has 74 valence electrons. The van der Waals surface area contributed by atoms with Crippen molar-refractivity contribution < 1.29 is 4.74 Å². The lowest BCUT2D eigenvalue weighted by atomic mass is 10.2. The minimum Gasteiger partial charge on any atom is -0.497 e. The van der Waals surface area contributed by atoms with Gasteiger partial charge in [-0.25, -0.2) is 0 Å². The zero-order valence-corrected chi connectivity index (χ0v) is 8.97. The van der Waals surface area contributed by atoms with Crippen molar-refractivity contribution in [3.05, 3.63) is 29.8 Å². The number of ether oxygens (including phenoxy) is 1. The van der Waals surface area contributed by atoms with Crippen molar-refractivity contribution >= 4 is 11.6 Å². The normalized spacial score (nSPS) is 9.00. The first-order valence-electron chi connectivity index (χ1n) is 4.55. The van der Waals surface area contributed by atoms with Crippen LogP contribution in [-0.4, -0.2) is 13.0 Å². The zero-order chi connectivity index (χ0) is 10.2. The van der Waals surface area contributed by atoms with Gasteiger partial charge in [-0.2, -0.15) is 0 Å². The maximum atomic E-state index is 5.54. The summed E-state index contributed by atoms with van der Waals surface area (Å²) in [5.41, 5.74) is 0.985. The molecule has 0 saturated carbocycles. The second kappa shape index (κ2) is 6.34. The van der Waals surface area contributed by atoms with Crippen LogP contribution in [0.1, 0.15) is 18.4 Å². The van der Waals surface area contributed by atoms with Crippen LogP contribution in [0.2, 0.25) is 0 Å². The van der Waals surface area contributed by atoms with Gasteiger partial charge in [-0.3, -0.25) is 0 Å². The largest absolute Gasteiger partial charge is 0.497 e. The first-order valence-corrected chi connectivity index (χ1v) is 5.09. The summed E-state index contributed by atoms with van der Waals surface area (Å²) in [5.74, 6) is 7.64. The molecule has 14 heavy (non-hydrogen) atoms. The fraction of sp³-hybridized carbons (Fsp3) is 0.333. The molecule has 0 aliphatic carbocycles. The minimum absolute atomic E-state index is 0.673. The van der Waals surface area contributed by atoms with Gasteiger partial charge < -0.3 is 4.74 Å². The number of benzene rings is 1. The van der Waals surface area contributed by atoms with E-state index in [1.54, 1.807) is 7.11 Å². The van der Waals surface area contributed by atoms with Gasteiger partial charge in [0.2, 0.25) is 0 Å². The summed E-state index contributed by atoms with van der Waals surface area (Å²) in [6.45, 7) is 0. The Kier molecular flexibility index (Phi) is 4.96. The van der Waals surface area contributed by atoms with E-state index in [0.717, 1.165) is 24.2 Å². The van der Waals surface area contributed by atoms with Gasteiger partial charge in [0.05, 0.1) is 7.11 Å². The molecule has 1 rings (SSSR count). The maximum absolute atomic E-state index is 5.54. The summed E-state index contributed by atoms with van der Waals surface area (Å²) in [6, 6.07) is 7.73.